The van der Waals surface area contributed by atoms with Crippen LogP contribution in [-0.4, -0.2) is 26.3 Å². The van der Waals surface area contributed by atoms with E-state index in [0.29, 0.717) is 22.4 Å². The van der Waals surface area contributed by atoms with Crippen molar-refractivity contribution < 1.29 is 19.8 Å². The molecule has 0 saturated heterocycles. The van der Waals surface area contributed by atoms with Crippen LogP contribution in [0.25, 0.3) is 33.3 Å². The number of carbonyl (C=O) groups excluding carboxylic acids is 1. The molecule has 0 aliphatic rings. The molecule has 2 heterocycles. The lowest BCUT2D eigenvalue weighted by molar-refractivity contribution is -0.254. The minimum atomic E-state index is -1.27. The lowest BCUT2D eigenvalue weighted by Gasteiger charge is -2.13. The van der Waals surface area contributed by atoms with Gasteiger partial charge in [-0.3, -0.25) is 0 Å². The Labute approximate surface area is 202 Å². The van der Waals surface area contributed by atoms with Crippen LogP contribution in [0, 0.1) is 11.8 Å². The summed E-state index contributed by atoms with van der Waals surface area (Å²) in [5.41, 5.74) is 10.4. The molecule has 2 aromatic heterocycles. The van der Waals surface area contributed by atoms with E-state index in [0.717, 1.165) is 22.0 Å². The Balaban J connectivity index is 1.52. The molecular weight excluding hydrogens is 462 g/mol. The van der Waals surface area contributed by atoms with Crippen molar-refractivity contribution in [2.24, 2.45) is 0 Å². The van der Waals surface area contributed by atoms with Gasteiger partial charge >= 0.3 is 10.4 Å². The Hall–Kier alpha value is -4.87. The van der Waals surface area contributed by atoms with Gasteiger partial charge in [-0.25, -0.2) is 0 Å². The summed E-state index contributed by atoms with van der Waals surface area (Å²) < 4.78 is 0. The molecule has 7 nitrogen and oxygen atoms in total. The van der Waals surface area contributed by atoms with Crippen LogP contribution in [0.3, 0.4) is 0 Å². The average Bonchev–Trinajstić information content (AvgIpc) is 3.48. The SMILES string of the molecule is Nc1nc(-c2ccc(C#Cc3cccc(C(=O)[O-])c3-c3ccc4cc[nH]c4c3)cc2)c[s+]1C(=O)O. The number of nitrogens with two attached hydrogens (primary N) is 1. The maximum Gasteiger partial charge on any atom is 0.555 e. The van der Waals surface area contributed by atoms with Crippen molar-refractivity contribution in [3.63, 3.8) is 0 Å². The smallest absolute Gasteiger partial charge is 0.545 e. The van der Waals surface area contributed by atoms with Crippen LogP contribution in [-0.2, 0) is 0 Å². The van der Waals surface area contributed by atoms with Crippen LogP contribution in [0.2, 0.25) is 0 Å². The number of nitrogens with zero attached hydrogens (tertiary/aromatic N) is 1. The van der Waals surface area contributed by atoms with Crippen molar-refractivity contribution in [1.29, 1.82) is 0 Å². The van der Waals surface area contributed by atoms with Gasteiger partial charge in [-0.1, -0.05) is 48.2 Å². The molecule has 170 valence electrons. The van der Waals surface area contributed by atoms with Crippen molar-refractivity contribution in [2.45, 2.75) is 0 Å². The number of carbonyl (C=O) groups is 2. The van der Waals surface area contributed by atoms with E-state index in [1.54, 1.807) is 36.4 Å². The molecule has 5 aromatic rings. The van der Waals surface area contributed by atoms with Gasteiger partial charge < -0.3 is 25.7 Å². The Morgan fingerprint density at radius 1 is 1.00 bits per heavy atom. The monoisotopic (exact) mass is 479 g/mol. The normalized spacial score (nSPS) is 11.1. The van der Waals surface area contributed by atoms with Gasteiger partial charge in [0.05, 0.1) is 5.97 Å². The Morgan fingerprint density at radius 2 is 1.77 bits per heavy atom. The van der Waals surface area contributed by atoms with Gasteiger partial charge in [0, 0.05) is 39.5 Å². The summed E-state index contributed by atoms with van der Waals surface area (Å²) in [6.07, 6.45) is 1.83. The molecule has 35 heavy (non-hydrogen) atoms. The molecule has 0 bridgehead atoms. The Bertz CT molecular complexity index is 1670. The molecule has 0 aliphatic heterocycles. The molecule has 1 atom stereocenters. The fourth-order valence-corrected chi connectivity index (χ4v) is 4.85. The summed E-state index contributed by atoms with van der Waals surface area (Å²) in [5, 5.41) is 22.7. The molecule has 0 saturated carbocycles. The van der Waals surface area contributed by atoms with Crippen LogP contribution >= 0.6 is 10.5 Å². The average molecular weight is 480 g/mol. The third kappa shape index (κ3) is 4.24. The molecule has 1 unspecified atom stereocenters. The maximum atomic E-state index is 11.9. The number of hydrogen-bond donors (Lipinski definition) is 3. The van der Waals surface area contributed by atoms with Crippen LogP contribution in [0.1, 0.15) is 21.5 Å². The highest BCUT2D eigenvalue weighted by Gasteiger charge is 2.25. The van der Waals surface area contributed by atoms with Gasteiger partial charge in [-0.15, -0.1) is 0 Å². The number of H-pyrrole nitrogens is 1. The molecule has 0 spiro atoms. The topological polar surface area (TPSA) is 132 Å². The zero-order valence-corrected chi connectivity index (χ0v) is 18.9. The van der Waals surface area contributed by atoms with Gasteiger partial charge in [0.1, 0.15) is 16.2 Å². The van der Waals surface area contributed by atoms with Crippen LogP contribution in [0.5, 0.6) is 0 Å². The van der Waals surface area contributed by atoms with Crippen molar-refractivity contribution >= 4 is 37.8 Å². The third-order valence-corrected chi connectivity index (χ3v) is 6.90. The van der Waals surface area contributed by atoms with Crippen LogP contribution < -0.4 is 10.8 Å². The number of aromatic carboxylic acids is 1. The van der Waals surface area contributed by atoms with E-state index in [-0.39, 0.29) is 10.7 Å². The van der Waals surface area contributed by atoms with E-state index in [2.05, 4.69) is 21.8 Å². The number of nitrogens with one attached hydrogen (secondary N) is 1. The lowest BCUT2D eigenvalue weighted by atomic mass is 9.93. The third-order valence-electron chi connectivity index (χ3n) is 5.52. The van der Waals surface area contributed by atoms with Gasteiger partial charge in [0.25, 0.3) is 0 Å². The Kier molecular flexibility index (Phi) is 5.53. The van der Waals surface area contributed by atoms with E-state index >= 15 is 0 Å². The minimum Gasteiger partial charge on any atom is -0.545 e. The van der Waals surface area contributed by atoms with Crippen molar-refractivity contribution in [3.05, 3.63) is 95.0 Å². The Morgan fingerprint density at radius 3 is 2.49 bits per heavy atom. The van der Waals surface area contributed by atoms with E-state index in [1.165, 1.54) is 11.4 Å². The minimum absolute atomic E-state index is 0.0653. The first-order valence-electron chi connectivity index (χ1n) is 10.5. The summed E-state index contributed by atoms with van der Waals surface area (Å²) in [5.74, 6) is 4.90. The molecule has 8 heteroatoms. The van der Waals surface area contributed by atoms with Crippen molar-refractivity contribution in [2.75, 3.05) is 5.73 Å². The number of anilines is 1. The van der Waals surface area contributed by atoms with Gasteiger partial charge in [-0.2, -0.15) is 9.78 Å². The predicted molar refractivity (Wildman–Crippen MR) is 134 cm³/mol. The largest absolute Gasteiger partial charge is 0.555 e. The van der Waals surface area contributed by atoms with Gasteiger partial charge in [0.15, 0.2) is 5.38 Å². The lowest BCUT2D eigenvalue weighted by Crippen LogP contribution is -2.23. The van der Waals surface area contributed by atoms with Crippen molar-refractivity contribution in [1.82, 2.24) is 9.97 Å². The predicted octanol–water partition coefficient (Wildman–Crippen LogP) is 4.52. The number of thiazole rings is 1. The number of fused-ring (bicyclic) bond motifs is 1. The van der Waals surface area contributed by atoms with Crippen LogP contribution in [0.15, 0.2) is 78.3 Å². The second-order valence-corrected chi connectivity index (χ2v) is 9.36. The first-order chi connectivity index (χ1) is 16.9. The number of nitrogen functional groups attached to an aromatic ring is 1. The zero-order valence-electron chi connectivity index (χ0n) is 18.1. The van der Waals surface area contributed by atoms with Crippen LogP contribution in [0.4, 0.5) is 9.93 Å². The van der Waals surface area contributed by atoms with Crippen molar-refractivity contribution in [3.8, 4) is 34.2 Å². The number of benzene rings is 3. The van der Waals surface area contributed by atoms with E-state index < -0.39 is 21.7 Å². The fourth-order valence-electron chi connectivity index (χ4n) is 3.84. The zero-order chi connectivity index (χ0) is 24.5. The molecule has 4 N–H and O–H groups in total. The number of carboxylic acid groups (broad SMARTS) is 2. The number of rotatable bonds is 4. The first-order valence-corrected chi connectivity index (χ1v) is 11.8. The standard InChI is InChI=1S/C27H17N3O4S/c28-26-30-23(15-35(26)27(33)34)17-7-4-16(5-8-17)6-9-19-2-1-3-21(25(31)32)24(19)20-11-10-18-12-13-29-22(18)14-20/h1-5,7-8,10-15,29H,(H3-,28,30,31,32,33,34). The maximum absolute atomic E-state index is 11.9. The number of carboxylic acids is 1. The second-order valence-electron chi connectivity index (χ2n) is 7.68. The highest BCUT2D eigenvalue weighted by Crippen LogP contribution is 2.33. The molecule has 0 amide bonds. The molecule has 0 radical (unpaired) electrons. The summed E-state index contributed by atoms with van der Waals surface area (Å²) in [4.78, 5) is 30.4. The summed E-state index contributed by atoms with van der Waals surface area (Å²) in [6, 6.07) is 19.7. The summed E-state index contributed by atoms with van der Waals surface area (Å²) >= 11 is 0. The summed E-state index contributed by atoms with van der Waals surface area (Å²) in [7, 11) is -1.22. The van der Waals surface area contributed by atoms with E-state index in [4.69, 9.17) is 5.73 Å². The van der Waals surface area contributed by atoms with E-state index in [9.17, 15) is 19.8 Å². The fraction of sp³-hybridized carbons (Fsp3) is 0. The molecular formula is C27H17N3O4S. The molecule has 0 aliphatic carbocycles. The second kappa shape index (κ2) is 8.82. The number of aromatic nitrogens is 2. The summed E-state index contributed by atoms with van der Waals surface area (Å²) in [6.45, 7) is 0. The molecule has 3 aromatic carbocycles. The number of hydrogen-bond acceptors (Lipinski definition) is 5. The molecule has 5 rings (SSSR count). The number of aromatic amines is 1. The highest BCUT2D eigenvalue weighted by atomic mass is 32.2. The first kappa shape index (κ1) is 21.9. The molecule has 0 fully saturated rings. The highest BCUT2D eigenvalue weighted by molar-refractivity contribution is 7.52. The van der Waals surface area contributed by atoms with Gasteiger partial charge in [-0.05, 0) is 41.3 Å². The van der Waals surface area contributed by atoms with E-state index in [1.807, 2.05) is 30.5 Å². The quantitative estimate of drug-likeness (QED) is 0.257. The van der Waals surface area contributed by atoms with Gasteiger partial charge in [0.2, 0.25) is 0 Å².